The summed E-state index contributed by atoms with van der Waals surface area (Å²) in [5.74, 6) is 0. The quantitative estimate of drug-likeness (QED) is 0.464. The molecule has 0 fully saturated rings. The first-order chi connectivity index (χ1) is 7.60. The molecule has 4 heteroatoms. The Morgan fingerprint density at radius 1 is 1.38 bits per heavy atom. The largest absolute Gasteiger partial charge is 0.375 e. The Morgan fingerprint density at radius 3 is 2.56 bits per heavy atom. The molecular formula is C12H23F2NO. The minimum atomic E-state index is -2.37. The zero-order valence-electron chi connectivity index (χ0n) is 10.3. The zero-order chi connectivity index (χ0) is 12.4. The van der Waals surface area contributed by atoms with Gasteiger partial charge < -0.3 is 10.1 Å². The maximum Gasteiger partial charge on any atom is 0.261 e. The molecule has 16 heavy (non-hydrogen) atoms. The summed E-state index contributed by atoms with van der Waals surface area (Å²) >= 11 is 0. The van der Waals surface area contributed by atoms with Gasteiger partial charge in [0.1, 0.15) is 6.61 Å². The first-order valence-corrected chi connectivity index (χ1v) is 5.86. The number of hydrogen-bond acceptors (Lipinski definition) is 2. The van der Waals surface area contributed by atoms with E-state index in [1.165, 1.54) is 5.57 Å². The predicted molar refractivity (Wildman–Crippen MR) is 63.0 cm³/mol. The minimum absolute atomic E-state index is 0.287. The van der Waals surface area contributed by atoms with Crippen LogP contribution in [0.3, 0.4) is 0 Å². The second-order valence-corrected chi connectivity index (χ2v) is 3.82. The second-order valence-electron chi connectivity index (χ2n) is 3.82. The third-order valence-corrected chi connectivity index (χ3v) is 2.38. The van der Waals surface area contributed by atoms with Gasteiger partial charge in [-0.25, -0.2) is 8.78 Å². The van der Waals surface area contributed by atoms with Crippen molar-refractivity contribution >= 4 is 0 Å². The Labute approximate surface area is 97.1 Å². The first-order valence-electron chi connectivity index (χ1n) is 5.86. The lowest BCUT2D eigenvalue weighted by Crippen LogP contribution is -2.30. The monoisotopic (exact) mass is 235 g/mol. The molecule has 0 aliphatic carbocycles. The van der Waals surface area contributed by atoms with E-state index < -0.39 is 13.0 Å². The number of halogens is 2. The lowest BCUT2D eigenvalue weighted by molar-refractivity contribution is 0.0144. The van der Waals surface area contributed by atoms with Gasteiger partial charge in [-0.1, -0.05) is 26.0 Å². The molecule has 0 aromatic rings. The fraction of sp³-hybridized carbons (Fsp3) is 0.833. The van der Waals surface area contributed by atoms with Crippen LogP contribution >= 0.6 is 0 Å². The van der Waals surface area contributed by atoms with Gasteiger partial charge in [0.2, 0.25) is 0 Å². The summed E-state index contributed by atoms with van der Waals surface area (Å²) < 4.78 is 28.5. The highest BCUT2D eigenvalue weighted by Gasteiger charge is 2.09. The zero-order valence-corrected chi connectivity index (χ0v) is 10.3. The van der Waals surface area contributed by atoms with Gasteiger partial charge in [0.25, 0.3) is 6.43 Å². The van der Waals surface area contributed by atoms with Crippen LogP contribution in [0.2, 0.25) is 0 Å². The molecule has 0 aliphatic heterocycles. The minimum Gasteiger partial charge on any atom is -0.375 e. The Kier molecular flexibility index (Phi) is 9.43. The van der Waals surface area contributed by atoms with Crippen LogP contribution in [-0.4, -0.2) is 32.2 Å². The third-order valence-electron chi connectivity index (χ3n) is 2.38. The Bertz CT molecular complexity index is 186. The molecule has 2 nitrogen and oxygen atoms in total. The van der Waals surface area contributed by atoms with E-state index in [-0.39, 0.29) is 6.04 Å². The van der Waals surface area contributed by atoms with E-state index in [4.69, 9.17) is 4.74 Å². The summed E-state index contributed by atoms with van der Waals surface area (Å²) in [4.78, 5) is 0. The number of ether oxygens (including phenoxy) is 1. The van der Waals surface area contributed by atoms with Crippen molar-refractivity contribution in [3.8, 4) is 0 Å². The van der Waals surface area contributed by atoms with Gasteiger partial charge in [0, 0.05) is 12.6 Å². The van der Waals surface area contributed by atoms with Crippen molar-refractivity contribution < 1.29 is 13.5 Å². The maximum atomic E-state index is 11.8. The van der Waals surface area contributed by atoms with Gasteiger partial charge in [0.15, 0.2) is 0 Å². The normalized spacial score (nSPS) is 13.1. The fourth-order valence-corrected chi connectivity index (χ4v) is 1.46. The number of rotatable bonds is 10. The van der Waals surface area contributed by atoms with Gasteiger partial charge in [-0.3, -0.25) is 0 Å². The van der Waals surface area contributed by atoms with Crippen LogP contribution in [-0.2, 0) is 4.74 Å². The molecule has 96 valence electrons. The van der Waals surface area contributed by atoms with E-state index in [9.17, 15) is 8.78 Å². The van der Waals surface area contributed by atoms with E-state index in [2.05, 4.69) is 18.8 Å². The maximum absolute atomic E-state index is 11.8. The molecule has 0 aliphatic rings. The van der Waals surface area contributed by atoms with E-state index in [1.807, 2.05) is 6.92 Å². The van der Waals surface area contributed by atoms with Gasteiger partial charge in [-0.05, 0) is 25.8 Å². The van der Waals surface area contributed by atoms with Gasteiger partial charge in [-0.15, -0.1) is 0 Å². The van der Waals surface area contributed by atoms with Crippen LogP contribution in [0, 0.1) is 0 Å². The van der Waals surface area contributed by atoms with Crippen LogP contribution < -0.4 is 5.32 Å². The molecule has 0 aromatic heterocycles. The van der Waals surface area contributed by atoms with Crippen LogP contribution in [0.1, 0.15) is 33.1 Å². The summed E-state index contributed by atoms with van der Waals surface area (Å²) in [5, 5.41) is 3.31. The van der Waals surface area contributed by atoms with E-state index in [1.54, 1.807) is 0 Å². The summed E-state index contributed by atoms with van der Waals surface area (Å²) in [6.07, 6.45) is 0.227. The van der Waals surface area contributed by atoms with Gasteiger partial charge in [-0.2, -0.15) is 0 Å². The van der Waals surface area contributed by atoms with Crippen molar-refractivity contribution in [3.63, 3.8) is 0 Å². The van der Waals surface area contributed by atoms with E-state index in [0.717, 1.165) is 25.8 Å². The molecule has 1 N–H and O–H groups in total. The van der Waals surface area contributed by atoms with E-state index in [0.29, 0.717) is 6.61 Å². The van der Waals surface area contributed by atoms with Crippen molar-refractivity contribution in [2.45, 2.75) is 45.6 Å². The lowest BCUT2D eigenvalue weighted by atomic mass is 10.0. The summed E-state index contributed by atoms with van der Waals surface area (Å²) in [6, 6.07) is 0.287. The standard InChI is InChI=1S/C12H23F2NO/c1-4-10(3)8-11(15-5-2)6-7-16-9-12(13)14/h11-12,15H,3-9H2,1-2H3. The first kappa shape index (κ1) is 15.5. The van der Waals surface area contributed by atoms with Crippen LogP contribution in [0.25, 0.3) is 0 Å². The summed E-state index contributed by atoms with van der Waals surface area (Å²) in [7, 11) is 0. The average Bonchev–Trinajstić information content (AvgIpc) is 2.24. The Morgan fingerprint density at radius 2 is 2.06 bits per heavy atom. The molecular weight excluding hydrogens is 212 g/mol. The number of alkyl halides is 2. The van der Waals surface area contributed by atoms with Crippen molar-refractivity contribution in [1.29, 1.82) is 0 Å². The highest BCUT2D eigenvalue weighted by molar-refractivity contribution is 4.96. The van der Waals surface area contributed by atoms with Crippen molar-refractivity contribution in [1.82, 2.24) is 5.32 Å². The lowest BCUT2D eigenvalue weighted by Gasteiger charge is -2.18. The molecule has 0 saturated heterocycles. The van der Waals surface area contributed by atoms with Crippen LogP contribution in [0.5, 0.6) is 0 Å². The number of nitrogens with one attached hydrogen (secondary N) is 1. The molecule has 0 aromatic carbocycles. The SMILES string of the molecule is C=C(CC)CC(CCOCC(F)F)NCC. The fourth-order valence-electron chi connectivity index (χ4n) is 1.46. The van der Waals surface area contributed by atoms with Crippen molar-refractivity contribution in [2.24, 2.45) is 0 Å². The van der Waals surface area contributed by atoms with Crippen LogP contribution in [0.15, 0.2) is 12.2 Å². The van der Waals surface area contributed by atoms with Crippen LogP contribution in [0.4, 0.5) is 8.78 Å². The Balaban J connectivity index is 3.71. The highest BCUT2D eigenvalue weighted by Crippen LogP contribution is 2.10. The third kappa shape index (κ3) is 8.80. The average molecular weight is 235 g/mol. The summed E-state index contributed by atoms with van der Waals surface area (Å²) in [6.45, 7) is 8.83. The molecule has 0 amide bonds. The Hall–Kier alpha value is -0.480. The van der Waals surface area contributed by atoms with Gasteiger partial charge in [0.05, 0.1) is 0 Å². The summed E-state index contributed by atoms with van der Waals surface area (Å²) in [5.41, 5.74) is 1.18. The molecule has 0 radical (unpaired) electrons. The molecule has 1 atom stereocenters. The second kappa shape index (κ2) is 9.73. The topological polar surface area (TPSA) is 21.3 Å². The molecule has 1 unspecified atom stereocenters. The van der Waals surface area contributed by atoms with Gasteiger partial charge >= 0.3 is 0 Å². The molecule has 0 rings (SSSR count). The molecule has 0 heterocycles. The van der Waals surface area contributed by atoms with Crippen molar-refractivity contribution in [2.75, 3.05) is 19.8 Å². The number of hydrogen-bond donors (Lipinski definition) is 1. The molecule has 0 saturated carbocycles. The molecule has 0 bridgehead atoms. The van der Waals surface area contributed by atoms with Crippen molar-refractivity contribution in [3.05, 3.63) is 12.2 Å². The van der Waals surface area contributed by atoms with E-state index >= 15 is 0 Å². The predicted octanol–water partition coefficient (Wildman–Crippen LogP) is 2.99. The molecule has 0 spiro atoms. The smallest absolute Gasteiger partial charge is 0.261 e. The highest BCUT2D eigenvalue weighted by atomic mass is 19.3.